The second-order valence-electron chi connectivity index (χ2n) is 9.54. The molecule has 1 N–H and O–H groups in total. The summed E-state index contributed by atoms with van der Waals surface area (Å²) in [5.74, 6) is 0.668. The van der Waals surface area contributed by atoms with Gasteiger partial charge in [0.05, 0.1) is 23.3 Å². The molecular weight excluding hydrogens is 424 g/mol. The summed E-state index contributed by atoms with van der Waals surface area (Å²) < 4.78 is 8.00. The lowest BCUT2D eigenvalue weighted by molar-refractivity contribution is 0.264. The summed E-state index contributed by atoms with van der Waals surface area (Å²) in [4.78, 5) is 13.9. The molecule has 0 saturated carbocycles. The quantitative estimate of drug-likeness (QED) is 0.395. The van der Waals surface area contributed by atoms with Crippen LogP contribution in [0.3, 0.4) is 0 Å². The number of aromatic nitrogens is 3. The zero-order chi connectivity index (χ0) is 23.5. The van der Waals surface area contributed by atoms with Gasteiger partial charge in [-0.25, -0.2) is 9.97 Å². The van der Waals surface area contributed by atoms with Crippen molar-refractivity contribution in [3.63, 3.8) is 0 Å². The molecule has 5 rings (SSSR count). The van der Waals surface area contributed by atoms with Crippen molar-refractivity contribution in [2.45, 2.75) is 25.3 Å². The van der Waals surface area contributed by atoms with E-state index < -0.39 is 0 Å². The average Bonchev–Trinajstić information content (AvgIpc) is 3.22. The number of fused-ring (bicyclic) bond motifs is 3. The number of rotatable bonds is 8. The van der Waals surface area contributed by atoms with Crippen molar-refractivity contribution in [2.75, 3.05) is 52.7 Å². The zero-order valence-corrected chi connectivity index (χ0v) is 20.4. The van der Waals surface area contributed by atoms with Gasteiger partial charge in [-0.1, -0.05) is 6.07 Å². The fourth-order valence-electron chi connectivity index (χ4n) is 4.62. The van der Waals surface area contributed by atoms with Crippen LogP contribution < -0.4 is 10.1 Å². The third kappa shape index (κ3) is 5.00. The number of para-hydroxylation sites is 1. The first kappa shape index (κ1) is 22.6. The molecule has 4 heterocycles. The molecule has 1 saturated heterocycles. The molecule has 0 unspecified atom stereocenters. The first-order valence-electron chi connectivity index (χ1n) is 12.2. The van der Waals surface area contributed by atoms with Crippen LogP contribution in [0.1, 0.15) is 19.3 Å². The molecule has 3 aromatic heterocycles. The van der Waals surface area contributed by atoms with Gasteiger partial charge in [0.15, 0.2) is 0 Å². The highest BCUT2D eigenvalue weighted by Gasteiger charge is 2.18. The van der Waals surface area contributed by atoms with Crippen LogP contribution in [0.2, 0.25) is 0 Å². The summed E-state index contributed by atoms with van der Waals surface area (Å²) >= 11 is 0. The summed E-state index contributed by atoms with van der Waals surface area (Å²) in [6.45, 7) is 3.94. The number of hydrogen-bond donors (Lipinski definition) is 1. The molecule has 0 bridgehead atoms. The highest BCUT2D eigenvalue weighted by molar-refractivity contribution is 5.92. The zero-order valence-electron chi connectivity index (χ0n) is 20.4. The topological polar surface area (TPSA) is 57.9 Å². The minimum absolute atomic E-state index is 0.491. The van der Waals surface area contributed by atoms with Crippen molar-refractivity contribution < 1.29 is 4.74 Å². The Kier molecular flexibility index (Phi) is 6.65. The van der Waals surface area contributed by atoms with Gasteiger partial charge < -0.3 is 19.9 Å². The molecule has 0 aliphatic carbocycles. The number of hydrogen-bond acceptors (Lipinski definition) is 6. The Morgan fingerprint density at radius 1 is 1.06 bits per heavy atom. The lowest BCUT2D eigenvalue weighted by atomic mass is 10.0. The molecule has 4 aromatic rings. The molecule has 0 spiro atoms. The Morgan fingerprint density at radius 3 is 2.65 bits per heavy atom. The Balaban J connectivity index is 1.38. The standard InChI is InChI=1S/C27H34N6O/c1-31(2)14-5-17-34-26-11-9-20(18-28-26)21-8-10-25-30-24-7-4-6-23(27(24)33(25)19-21)29-22-12-15-32(3)16-13-22/h4,6-11,18-19,22,29H,5,12-17H2,1-3H3. The first-order chi connectivity index (χ1) is 16.6. The van der Waals surface area contributed by atoms with Gasteiger partial charge in [0.2, 0.25) is 5.88 Å². The third-order valence-corrected chi connectivity index (χ3v) is 6.57. The fraction of sp³-hybridized carbons (Fsp3) is 0.407. The van der Waals surface area contributed by atoms with E-state index in [1.165, 1.54) is 0 Å². The Hall–Kier alpha value is -3.16. The van der Waals surface area contributed by atoms with Crippen LogP contribution >= 0.6 is 0 Å². The van der Waals surface area contributed by atoms with E-state index in [9.17, 15) is 0 Å². The molecule has 7 heteroatoms. The van der Waals surface area contributed by atoms with E-state index in [0.717, 1.165) is 72.4 Å². The number of ether oxygens (including phenoxy) is 1. The number of nitrogens with zero attached hydrogens (tertiary/aromatic N) is 5. The normalized spacial score (nSPS) is 15.4. The number of benzene rings is 1. The van der Waals surface area contributed by atoms with Crippen molar-refractivity contribution in [3.8, 4) is 17.0 Å². The Labute approximate surface area is 201 Å². The van der Waals surface area contributed by atoms with Crippen LogP contribution in [0, 0.1) is 0 Å². The third-order valence-electron chi connectivity index (χ3n) is 6.57. The monoisotopic (exact) mass is 458 g/mol. The van der Waals surface area contributed by atoms with Gasteiger partial charge in [0, 0.05) is 42.2 Å². The highest BCUT2D eigenvalue weighted by atomic mass is 16.5. The van der Waals surface area contributed by atoms with Crippen molar-refractivity contribution >= 4 is 22.4 Å². The highest BCUT2D eigenvalue weighted by Crippen LogP contribution is 2.29. The number of pyridine rings is 2. The summed E-state index contributed by atoms with van der Waals surface area (Å²) in [6.07, 6.45) is 7.35. The van der Waals surface area contributed by atoms with Crippen LogP contribution in [0.25, 0.3) is 27.8 Å². The van der Waals surface area contributed by atoms with Crippen LogP contribution in [0.4, 0.5) is 5.69 Å². The minimum Gasteiger partial charge on any atom is -0.478 e. The molecular formula is C27H34N6O. The fourth-order valence-corrected chi connectivity index (χ4v) is 4.62. The second kappa shape index (κ2) is 9.99. The maximum atomic E-state index is 5.79. The van der Waals surface area contributed by atoms with Gasteiger partial charge in [-0.05, 0) is 83.8 Å². The lowest BCUT2D eigenvalue weighted by Crippen LogP contribution is -2.36. The SMILES string of the molecule is CN(C)CCCOc1ccc(-c2ccc3nc4cccc(NC5CCN(C)CC5)c4n3c2)cn1. The number of likely N-dealkylation sites (tertiary alicyclic amines) is 1. The van der Waals surface area contributed by atoms with Crippen LogP contribution in [-0.4, -0.2) is 77.6 Å². The van der Waals surface area contributed by atoms with Gasteiger partial charge in [-0.2, -0.15) is 0 Å². The molecule has 0 atom stereocenters. The molecule has 1 aliphatic heterocycles. The summed E-state index contributed by atoms with van der Waals surface area (Å²) in [5.41, 5.74) is 6.40. The van der Waals surface area contributed by atoms with Crippen molar-refractivity contribution in [3.05, 3.63) is 54.9 Å². The molecule has 0 radical (unpaired) electrons. The molecule has 0 amide bonds. The summed E-state index contributed by atoms with van der Waals surface area (Å²) in [6, 6.07) is 15.1. The van der Waals surface area contributed by atoms with Gasteiger partial charge in [0.1, 0.15) is 5.65 Å². The van der Waals surface area contributed by atoms with Crippen LogP contribution in [-0.2, 0) is 0 Å². The summed E-state index contributed by atoms with van der Waals surface area (Å²) in [7, 11) is 6.34. The lowest BCUT2D eigenvalue weighted by Gasteiger charge is -2.30. The summed E-state index contributed by atoms with van der Waals surface area (Å²) in [5, 5.41) is 3.80. The number of piperidine rings is 1. The molecule has 178 valence electrons. The first-order valence-corrected chi connectivity index (χ1v) is 12.2. The smallest absolute Gasteiger partial charge is 0.213 e. The van der Waals surface area contributed by atoms with E-state index in [2.05, 4.69) is 88.2 Å². The van der Waals surface area contributed by atoms with E-state index in [-0.39, 0.29) is 0 Å². The molecule has 1 aromatic carbocycles. The Bertz CT molecular complexity index is 1240. The average molecular weight is 459 g/mol. The van der Waals surface area contributed by atoms with Gasteiger partial charge in [0.25, 0.3) is 0 Å². The minimum atomic E-state index is 0.491. The van der Waals surface area contributed by atoms with E-state index in [1.807, 2.05) is 12.3 Å². The van der Waals surface area contributed by atoms with Gasteiger partial charge in [-0.15, -0.1) is 0 Å². The Morgan fingerprint density at radius 2 is 1.88 bits per heavy atom. The molecule has 7 nitrogen and oxygen atoms in total. The maximum absolute atomic E-state index is 5.79. The predicted molar refractivity (Wildman–Crippen MR) is 139 cm³/mol. The van der Waals surface area contributed by atoms with Crippen LogP contribution in [0.5, 0.6) is 5.88 Å². The van der Waals surface area contributed by atoms with E-state index in [0.29, 0.717) is 18.5 Å². The maximum Gasteiger partial charge on any atom is 0.213 e. The molecule has 34 heavy (non-hydrogen) atoms. The van der Waals surface area contributed by atoms with Crippen molar-refractivity contribution in [1.29, 1.82) is 0 Å². The number of anilines is 1. The van der Waals surface area contributed by atoms with Crippen LogP contribution in [0.15, 0.2) is 54.9 Å². The predicted octanol–water partition coefficient (Wildman–Crippen LogP) is 4.39. The van der Waals surface area contributed by atoms with E-state index in [1.54, 1.807) is 0 Å². The van der Waals surface area contributed by atoms with E-state index in [4.69, 9.17) is 9.72 Å². The number of imidazole rings is 1. The van der Waals surface area contributed by atoms with E-state index >= 15 is 0 Å². The van der Waals surface area contributed by atoms with Crippen molar-refractivity contribution in [2.24, 2.45) is 0 Å². The largest absolute Gasteiger partial charge is 0.478 e. The molecule has 1 aliphatic rings. The molecule has 1 fully saturated rings. The second-order valence-corrected chi connectivity index (χ2v) is 9.54. The van der Waals surface area contributed by atoms with Crippen molar-refractivity contribution in [1.82, 2.24) is 24.2 Å². The number of nitrogens with one attached hydrogen (secondary N) is 1. The van der Waals surface area contributed by atoms with Gasteiger partial charge in [-0.3, -0.25) is 4.40 Å². The van der Waals surface area contributed by atoms with Gasteiger partial charge >= 0.3 is 0 Å².